The molecule has 0 radical (unpaired) electrons. The highest BCUT2D eigenvalue weighted by atomic mass is 16.4. The molecule has 0 aromatic carbocycles. The van der Waals surface area contributed by atoms with E-state index in [-0.39, 0.29) is 11.4 Å². The first kappa shape index (κ1) is 7.65. The molecule has 0 bridgehead atoms. The topological polar surface area (TPSA) is 62.5 Å². The van der Waals surface area contributed by atoms with E-state index < -0.39 is 5.63 Å². The van der Waals surface area contributed by atoms with Crippen LogP contribution in [0.2, 0.25) is 0 Å². The van der Waals surface area contributed by atoms with Crippen molar-refractivity contribution in [2.45, 2.75) is 6.92 Å². The minimum absolute atomic E-state index is 0.0822. The lowest BCUT2D eigenvalue weighted by atomic mass is 10.3. The van der Waals surface area contributed by atoms with Crippen molar-refractivity contribution in [2.24, 2.45) is 0 Å². The van der Waals surface area contributed by atoms with Crippen molar-refractivity contribution in [2.75, 3.05) is 12.4 Å². The van der Waals surface area contributed by atoms with E-state index in [1.54, 1.807) is 14.0 Å². The normalized spacial score (nSPS) is 9.64. The number of nitrogens with one attached hydrogen (secondary N) is 1. The molecular formula is C7H9NO3. The van der Waals surface area contributed by atoms with Gasteiger partial charge in [0.15, 0.2) is 5.69 Å². The van der Waals surface area contributed by atoms with Crippen LogP contribution in [-0.4, -0.2) is 12.2 Å². The summed E-state index contributed by atoms with van der Waals surface area (Å²) < 4.78 is 4.70. The van der Waals surface area contributed by atoms with Gasteiger partial charge >= 0.3 is 5.63 Å². The maximum absolute atomic E-state index is 10.9. The zero-order valence-electron chi connectivity index (χ0n) is 6.34. The zero-order valence-corrected chi connectivity index (χ0v) is 6.34. The van der Waals surface area contributed by atoms with Crippen LogP contribution in [0.25, 0.3) is 0 Å². The molecular weight excluding hydrogens is 146 g/mol. The van der Waals surface area contributed by atoms with E-state index in [2.05, 4.69) is 5.32 Å². The number of aromatic hydroxyl groups is 1. The summed E-state index contributed by atoms with van der Waals surface area (Å²) in [5.41, 5.74) is -0.458. The van der Waals surface area contributed by atoms with Crippen molar-refractivity contribution < 1.29 is 9.52 Å². The van der Waals surface area contributed by atoms with Crippen molar-refractivity contribution in [1.29, 1.82) is 0 Å². The van der Waals surface area contributed by atoms with Crippen LogP contribution in [-0.2, 0) is 0 Å². The van der Waals surface area contributed by atoms with Crippen LogP contribution in [0.1, 0.15) is 5.76 Å². The summed E-state index contributed by atoms with van der Waals surface area (Å²) in [5.74, 6) is 0.313. The summed E-state index contributed by atoms with van der Waals surface area (Å²) in [6, 6.07) is 1.38. The van der Waals surface area contributed by atoms with Gasteiger partial charge in [0.1, 0.15) is 11.5 Å². The third-order valence-corrected chi connectivity index (χ3v) is 1.30. The summed E-state index contributed by atoms with van der Waals surface area (Å²) in [4.78, 5) is 10.9. The van der Waals surface area contributed by atoms with E-state index in [1.165, 1.54) is 6.07 Å². The molecule has 11 heavy (non-hydrogen) atoms. The monoisotopic (exact) mass is 155 g/mol. The lowest BCUT2D eigenvalue weighted by molar-refractivity contribution is 0.439. The molecule has 4 nitrogen and oxygen atoms in total. The largest absolute Gasteiger partial charge is 0.505 e. The summed E-state index contributed by atoms with van der Waals surface area (Å²) in [6.07, 6.45) is 0. The second kappa shape index (κ2) is 2.65. The molecule has 0 aliphatic carbocycles. The van der Waals surface area contributed by atoms with Gasteiger partial charge in [0.05, 0.1) is 0 Å². The van der Waals surface area contributed by atoms with Gasteiger partial charge in [-0.2, -0.15) is 0 Å². The minimum Gasteiger partial charge on any atom is -0.505 e. The van der Waals surface area contributed by atoms with E-state index in [0.717, 1.165) is 0 Å². The molecule has 1 heterocycles. The Kier molecular flexibility index (Phi) is 1.85. The van der Waals surface area contributed by atoms with Crippen molar-refractivity contribution in [3.8, 4) is 5.75 Å². The Morgan fingerprint density at radius 1 is 1.64 bits per heavy atom. The summed E-state index contributed by atoms with van der Waals surface area (Å²) in [6.45, 7) is 1.60. The van der Waals surface area contributed by atoms with E-state index in [0.29, 0.717) is 5.76 Å². The van der Waals surface area contributed by atoms with Gasteiger partial charge in [0.25, 0.3) is 0 Å². The fraction of sp³-hybridized carbons (Fsp3) is 0.286. The van der Waals surface area contributed by atoms with E-state index in [4.69, 9.17) is 9.52 Å². The molecule has 4 heteroatoms. The Labute approximate surface area is 63.5 Å². The van der Waals surface area contributed by atoms with Crippen molar-refractivity contribution in [3.05, 3.63) is 22.2 Å². The predicted molar refractivity (Wildman–Crippen MR) is 40.9 cm³/mol. The third kappa shape index (κ3) is 1.34. The van der Waals surface area contributed by atoms with Gasteiger partial charge in [0.2, 0.25) is 0 Å². The van der Waals surface area contributed by atoms with Crippen molar-refractivity contribution in [1.82, 2.24) is 0 Å². The molecule has 2 N–H and O–H groups in total. The third-order valence-electron chi connectivity index (χ3n) is 1.30. The summed E-state index contributed by atoms with van der Waals surface area (Å²) in [5, 5.41) is 11.7. The van der Waals surface area contributed by atoms with E-state index in [9.17, 15) is 4.79 Å². The Bertz CT molecular complexity index is 316. The standard InChI is InChI=1S/C7H9NO3/c1-4-3-5(9)6(8-2)7(10)11-4/h3,8-9H,1-2H3. The molecule has 1 rings (SSSR count). The molecule has 0 aliphatic rings. The lowest BCUT2D eigenvalue weighted by Crippen LogP contribution is -2.07. The smallest absolute Gasteiger partial charge is 0.363 e. The van der Waals surface area contributed by atoms with Crippen LogP contribution < -0.4 is 10.9 Å². The fourth-order valence-corrected chi connectivity index (χ4v) is 0.826. The number of aryl methyl sites for hydroxylation is 1. The maximum Gasteiger partial charge on any atom is 0.363 e. The molecule has 0 saturated carbocycles. The first-order valence-electron chi connectivity index (χ1n) is 3.16. The highest BCUT2D eigenvalue weighted by Crippen LogP contribution is 2.18. The molecule has 0 aliphatic heterocycles. The molecule has 60 valence electrons. The van der Waals surface area contributed by atoms with Crippen LogP contribution in [0.5, 0.6) is 5.75 Å². The maximum atomic E-state index is 10.9. The van der Waals surface area contributed by atoms with Crippen LogP contribution in [0.3, 0.4) is 0 Å². The molecule has 1 aromatic heterocycles. The highest BCUT2D eigenvalue weighted by molar-refractivity contribution is 5.52. The molecule has 0 atom stereocenters. The lowest BCUT2D eigenvalue weighted by Gasteiger charge is -2.00. The molecule has 1 aromatic rings. The first-order valence-corrected chi connectivity index (χ1v) is 3.16. The zero-order chi connectivity index (χ0) is 8.43. The van der Waals surface area contributed by atoms with Gasteiger partial charge in [-0.25, -0.2) is 4.79 Å². The van der Waals surface area contributed by atoms with Gasteiger partial charge in [-0.05, 0) is 6.92 Å². The number of hydrogen-bond donors (Lipinski definition) is 2. The first-order chi connectivity index (χ1) is 5.15. The Morgan fingerprint density at radius 2 is 2.27 bits per heavy atom. The SMILES string of the molecule is CNc1c(O)cc(C)oc1=O. The van der Waals surface area contributed by atoms with Gasteiger partial charge in [-0.15, -0.1) is 0 Å². The molecule has 0 amide bonds. The van der Waals surface area contributed by atoms with Crippen molar-refractivity contribution >= 4 is 5.69 Å². The number of anilines is 1. The quantitative estimate of drug-likeness (QED) is 0.626. The second-order valence-electron chi connectivity index (χ2n) is 2.15. The Hall–Kier alpha value is -1.45. The fourth-order valence-electron chi connectivity index (χ4n) is 0.826. The molecule has 0 saturated heterocycles. The number of rotatable bonds is 1. The Balaban J connectivity index is 3.37. The minimum atomic E-state index is -0.551. The average Bonchev–Trinajstić information content (AvgIpc) is 1.85. The molecule has 0 unspecified atom stereocenters. The average molecular weight is 155 g/mol. The molecule has 0 spiro atoms. The Morgan fingerprint density at radius 3 is 2.73 bits per heavy atom. The van der Waals surface area contributed by atoms with Crippen molar-refractivity contribution in [3.63, 3.8) is 0 Å². The van der Waals surface area contributed by atoms with Crippen LogP contribution >= 0.6 is 0 Å². The highest BCUT2D eigenvalue weighted by Gasteiger charge is 2.05. The summed E-state index contributed by atoms with van der Waals surface area (Å²) in [7, 11) is 1.54. The second-order valence-corrected chi connectivity index (χ2v) is 2.15. The van der Waals surface area contributed by atoms with E-state index >= 15 is 0 Å². The van der Waals surface area contributed by atoms with Crippen LogP contribution in [0.15, 0.2) is 15.3 Å². The van der Waals surface area contributed by atoms with E-state index in [1.807, 2.05) is 0 Å². The van der Waals surface area contributed by atoms with Gasteiger partial charge in [-0.1, -0.05) is 0 Å². The van der Waals surface area contributed by atoms with Gasteiger partial charge in [0, 0.05) is 13.1 Å². The predicted octanol–water partition coefficient (Wildman–Crippen LogP) is 0.696. The summed E-state index contributed by atoms with van der Waals surface area (Å²) >= 11 is 0. The molecule has 0 fully saturated rings. The van der Waals surface area contributed by atoms with Gasteiger partial charge in [-0.3, -0.25) is 0 Å². The van der Waals surface area contributed by atoms with Crippen LogP contribution in [0, 0.1) is 6.92 Å². The van der Waals surface area contributed by atoms with Gasteiger partial charge < -0.3 is 14.8 Å². The number of hydrogen-bond acceptors (Lipinski definition) is 4. The van der Waals surface area contributed by atoms with Crippen LogP contribution in [0.4, 0.5) is 5.69 Å².